The third-order valence-electron chi connectivity index (χ3n) is 3.60. The Morgan fingerprint density at radius 1 is 1.37 bits per heavy atom. The molecule has 1 aliphatic heterocycles. The SMILES string of the molecule is CC1CCCC(C)N1C(=O)Nc1ccc(F)c(Cl)c1. The summed E-state index contributed by atoms with van der Waals surface area (Å²) in [5.74, 6) is -0.487. The van der Waals surface area contributed by atoms with E-state index in [0.29, 0.717) is 5.69 Å². The van der Waals surface area contributed by atoms with Gasteiger partial charge in [0.1, 0.15) is 5.82 Å². The minimum atomic E-state index is -0.487. The Kier molecular flexibility index (Phi) is 4.30. The Morgan fingerprint density at radius 3 is 2.58 bits per heavy atom. The number of benzene rings is 1. The zero-order valence-corrected chi connectivity index (χ0v) is 11.9. The van der Waals surface area contributed by atoms with Gasteiger partial charge in [0, 0.05) is 17.8 Å². The molecule has 1 aliphatic rings. The molecular formula is C14H18ClFN2O. The average molecular weight is 285 g/mol. The number of urea groups is 1. The minimum absolute atomic E-state index is 0.0116. The molecular weight excluding hydrogens is 267 g/mol. The van der Waals surface area contributed by atoms with Gasteiger partial charge in [0.25, 0.3) is 0 Å². The molecule has 0 saturated carbocycles. The van der Waals surface area contributed by atoms with Crippen molar-refractivity contribution >= 4 is 23.3 Å². The molecule has 1 heterocycles. The van der Waals surface area contributed by atoms with Crippen molar-refractivity contribution in [2.75, 3.05) is 5.32 Å². The van der Waals surface area contributed by atoms with Crippen LogP contribution in [0.3, 0.4) is 0 Å². The second-order valence-corrected chi connectivity index (χ2v) is 5.50. The van der Waals surface area contributed by atoms with Crippen LogP contribution in [0.2, 0.25) is 5.02 Å². The second kappa shape index (κ2) is 5.78. The van der Waals surface area contributed by atoms with E-state index in [4.69, 9.17) is 11.6 Å². The lowest BCUT2D eigenvalue weighted by molar-refractivity contribution is 0.133. The second-order valence-electron chi connectivity index (χ2n) is 5.10. The van der Waals surface area contributed by atoms with Crippen LogP contribution in [0.25, 0.3) is 0 Å². The van der Waals surface area contributed by atoms with Gasteiger partial charge in [-0.25, -0.2) is 9.18 Å². The van der Waals surface area contributed by atoms with Gasteiger partial charge >= 0.3 is 6.03 Å². The summed E-state index contributed by atoms with van der Waals surface area (Å²) in [5.41, 5.74) is 0.515. The van der Waals surface area contributed by atoms with Gasteiger partial charge in [0.15, 0.2) is 0 Å². The molecule has 1 N–H and O–H groups in total. The maximum absolute atomic E-state index is 13.1. The van der Waals surface area contributed by atoms with Gasteiger partial charge in [-0.05, 0) is 51.3 Å². The van der Waals surface area contributed by atoms with Crippen LogP contribution in [0.4, 0.5) is 14.9 Å². The first-order valence-electron chi connectivity index (χ1n) is 6.53. The number of hydrogen-bond acceptors (Lipinski definition) is 1. The third-order valence-corrected chi connectivity index (χ3v) is 3.89. The zero-order valence-electron chi connectivity index (χ0n) is 11.1. The number of piperidine rings is 1. The van der Waals surface area contributed by atoms with E-state index in [9.17, 15) is 9.18 Å². The fraction of sp³-hybridized carbons (Fsp3) is 0.500. The van der Waals surface area contributed by atoms with Gasteiger partial charge in [-0.15, -0.1) is 0 Å². The first-order valence-corrected chi connectivity index (χ1v) is 6.91. The molecule has 0 aliphatic carbocycles. The monoisotopic (exact) mass is 284 g/mol. The van der Waals surface area contributed by atoms with E-state index >= 15 is 0 Å². The topological polar surface area (TPSA) is 32.3 Å². The van der Waals surface area contributed by atoms with Gasteiger partial charge in [0.2, 0.25) is 0 Å². The number of nitrogens with zero attached hydrogens (tertiary/aromatic N) is 1. The number of carbonyl (C=O) groups is 1. The summed E-state index contributed by atoms with van der Waals surface area (Å²) < 4.78 is 13.1. The van der Waals surface area contributed by atoms with Gasteiger partial charge < -0.3 is 10.2 Å². The highest BCUT2D eigenvalue weighted by Crippen LogP contribution is 2.24. The molecule has 0 spiro atoms. The van der Waals surface area contributed by atoms with Crippen molar-refractivity contribution in [1.82, 2.24) is 4.90 Å². The van der Waals surface area contributed by atoms with Crippen LogP contribution in [-0.4, -0.2) is 23.0 Å². The Labute approximate surface area is 117 Å². The standard InChI is InChI=1S/C14H18ClFN2O/c1-9-4-3-5-10(2)18(9)14(19)17-11-6-7-13(16)12(15)8-11/h6-10H,3-5H2,1-2H3,(H,17,19). The van der Waals surface area contributed by atoms with Crippen molar-refractivity contribution < 1.29 is 9.18 Å². The Bertz CT molecular complexity index is 471. The van der Waals surface area contributed by atoms with E-state index in [-0.39, 0.29) is 23.1 Å². The number of carbonyl (C=O) groups excluding carboxylic acids is 1. The Morgan fingerprint density at radius 2 is 2.00 bits per heavy atom. The van der Waals surface area contributed by atoms with Crippen LogP contribution in [0.15, 0.2) is 18.2 Å². The zero-order chi connectivity index (χ0) is 14.0. The average Bonchev–Trinajstić information content (AvgIpc) is 2.33. The number of nitrogens with one attached hydrogen (secondary N) is 1. The molecule has 0 bridgehead atoms. The molecule has 2 amide bonds. The van der Waals surface area contributed by atoms with Gasteiger partial charge in [0.05, 0.1) is 5.02 Å². The molecule has 0 radical (unpaired) electrons. The summed E-state index contributed by atoms with van der Waals surface area (Å²) in [7, 11) is 0. The van der Waals surface area contributed by atoms with E-state index in [1.54, 1.807) is 0 Å². The van der Waals surface area contributed by atoms with Crippen LogP contribution in [0.5, 0.6) is 0 Å². The molecule has 0 aromatic heterocycles. The lowest BCUT2D eigenvalue weighted by atomic mass is 9.98. The molecule has 2 atom stereocenters. The van der Waals surface area contributed by atoms with Crippen molar-refractivity contribution in [2.24, 2.45) is 0 Å². The fourth-order valence-electron chi connectivity index (χ4n) is 2.58. The van der Waals surface area contributed by atoms with E-state index in [2.05, 4.69) is 5.32 Å². The lowest BCUT2D eigenvalue weighted by Crippen LogP contribution is -2.49. The van der Waals surface area contributed by atoms with E-state index < -0.39 is 5.82 Å². The molecule has 19 heavy (non-hydrogen) atoms. The summed E-state index contributed by atoms with van der Waals surface area (Å²) >= 11 is 5.70. The number of amides is 2. The van der Waals surface area contributed by atoms with Gasteiger partial charge in [-0.1, -0.05) is 11.6 Å². The van der Waals surface area contributed by atoms with Crippen LogP contribution in [-0.2, 0) is 0 Å². The molecule has 2 rings (SSSR count). The molecule has 2 unspecified atom stereocenters. The summed E-state index contributed by atoms with van der Waals surface area (Å²) in [6.07, 6.45) is 3.18. The van der Waals surface area contributed by atoms with Crippen molar-refractivity contribution in [3.63, 3.8) is 0 Å². The molecule has 1 aromatic carbocycles. The van der Waals surface area contributed by atoms with E-state index in [1.807, 2.05) is 18.7 Å². The number of halogens is 2. The predicted molar refractivity (Wildman–Crippen MR) is 75.0 cm³/mol. The third kappa shape index (κ3) is 3.18. The highest BCUT2D eigenvalue weighted by atomic mass is 35.5. The van der Waals surface area contributed by atoms with Crippen LogP contribution < -0.4 is 5.32 Å². The molecule has 5 heteroatoms. The van der Waals surface area contributed by atoms with Gasteiger partial charge in [-0.2, -0.15) is 0 Å². The summed E-state index contributed by atoms with van der Waals surface area (Å²) in [6, 6.07) is 4.48. The molecule has 104 valence electrons. The van der Waals surface area contributed by atoms with Gasteiger partial charge in [-0.3, -0.25) is 0 Å². The first kappa shape index (κ1) is 14.1. The highest BCUT2D eigenvalue weighted by molar-refractivity contribution is 6.31. The normalized spacial score (nSPS) is 23.3. The molecule has 1 fully saturated rings. The van der Waals surface area contributed by atoms with E-state index in [0.717, 1.165) is 19.3 Å². The number of likely N-dealkylation sites (tertiary alicyclic amines) is 1. The van der Waals surface area contributed by atoms with Crippen LogP contribution in [0.1, 0.15) is 33.1 Å². The number of anilines is 1. The molecule has 3 nitrogen and oxygen atoms in total. The first-order chi connectivity index (χ1) is 8.99. The summed E-state index contributed by atoms with van der Waals surface area (Å²) in [4.78, 5) is 14.1. The van der Waals surface area contributed by atoms with Crippen molar-refractivity contribution in [3.8, 4) is 0 Å². The Hall–Kier alpha value is -1.29. The predicted octanol–water partition coefficient (Wildman–Crippen LogP) is 4.27. The van der Waals surface area contributed by atoms with E-state index in [1.165, 1.54) is 18.2 Å². The fourth-order valence-corrected chi connectivity index (χ4v) is 2.76. The van der Waals surface area contributed by atoms with Crippen molar-refractivity contribution in [3.05, 3.63) is 29.0 Å². The van der Waals surface area contributed by atoms with Crippen molar-refractivity contribution in [1.29, 1.82) is 0 Å². The number of hydrogen-bond donors (Lipinski definition) is 1. The van der Waals surface area contributed by atoms with Crippen molar-refractivity contribution in [2.45, 2.75) is 45.2 Å². The summed E-state index contributed by atoms with van der Waals surface area (Å²) in [5, 5.41) is 2.79. The Balaban J connectivity index is 2.09. The molecule has 1 saturated heterocycles. The number of rotatable bonds is 1. The maximum Gasteiger partial charge on any atom is 0.322 e. The quantitative estimate of drug-likeness (QED) is 0.820. The molecule has 1 aromatic rings. The minimum Gasteiger partial charge on any atom is -0.319 e. The summed E-state index contributed by atoms with van der Waals surface area (Å²) in [6.45, 7) is 4.10. The lowest BCUT2D eigenvalue weighted by Gasteiger charge is -2.38. The smallest absolute Gasteiger partial charge is 0.319 e. The van der Waals surface area contributed by atoms with Crippen LogP contribution in [0, 0.1) is 5.82 Å². The highest BCUT2D eigenvalue weighted by Gasteiger charge is 2.28. The largest absolute Gasteiger partial charge is 0.322 e. The van der Waals surface area contributed by atoms with Crippen LogP contribution >= 0.6 is 11.6 Å². The maximum atomic E-state index is 13.1.